The van der Waals surface area contributed by atoms with Crippen LogP contribution >= 0.6 is 22.7 Å². The summed E-state index contributed by atoms with van der Waals surface area (Å²) >= 11 is 2.99. The molecule has 3 aromatic rings. The average Bonchev–Trinajstić information content (AvgIpc) is 3.26. The molecular formula is C19H21N3O3S3. The Labute approximate surface area is 172 Å². The van der Waals surface area contributed by atoms with Crippen molar-refractivity contribution in [3.8, 4) is 10.6 Å². The van der Waals surface area contributed by atoms with Crippen LogP contribution in [0.2, 0.25) is 0 Å². The van der Waals surface area contributed by atoms with Crippen LogP contribution in [0, 0.1) is 20.8 Å². The molecule has 0 atom stereocenters. The SMILES string of the molecule is Cc1ccc(-c2csc(NC(=O)CCNS(=O)(=O)c3ccc(C)c(C)c3)n2)s1. The van der Waals surface area contributed by atoms with Crippen LogP contribution in [-0.2, 0) is 14.8 Å². The standard InChI is InChI=1S/C19H21N3O3S3/c1-12-4-6-15(10-13(12)2)28(24,25)20-9-8-18(23)22-19-21-16(11-26-19)17-7-5-14(3)27-17/h4-7,10-11,20H,8-9H2,1-3H3,(H,21,22,23). The van der Waals surface area contributed by atoms with Crippen molar-refractivity contribution >= 4 is 43.7 Å². The summed E-state index contributed by atoms with van der Waals surface area (Å²) in [5, 5.41) is 5.11. The second-order valence-corrected chi connectivity index (χ2v) is 10.3. The number of aryl methyl sites for hydroxylation is 3. The lowest BCUT2D eigenvalue weighted by molar-refractivity contribution is -0.116. The van der Waals surface area contributed by atoms with Gasteiger partial charge in [-0.05, 0) is 56.2 Å². The largest absolute Gasteiger partial charge is 0.302 e. The molecule has 148 valence electrons. The number of carbonyl (C=O) groups is 1. The second kappa shape index (κ2) is 8.52. The number of rotatable bonds is 7. The minimum Gasteiger partial charge on any atom is -0.302 e. The van der Waals surface area contributed by atoms with Crippen LogP contribution in [0.5, 0.6) is 0 Å². The van der Waals surface area contributed by atoms with Crippen LogP contribution in [0.25, 0.3) is 10.6 Å². The van der Waals surface area contributed by atoms with E-state index in [0.29, 0.717) is 5.13 Å². The first-order valence-electron chi connectivity index (χ1n) is 8.64. The average molecular weight is 436 g/mol. The predicted octanol–water partition coefficient (Wildman–Crippen LogP) is 4.10. The van der Waals surface area contributed by atoms with Crippen molar-refractivity contribution in [2.75, 3.05) is 11.9 Å². The number of hydrogen-bond acceptors (Lipinski definition) is 6. The number of benzene rings is 1. The minimum atomic E-state index is -3.64. The molecule has 28 heavy (non-hydrogen) atoms. The molecule has 0 radical (unpaired) electrons. The summed E-state index contributed by atoms with van der Waals surface area (Å²) in [6.45, 7) is 5.83. The van der Waals surface area contributed by atoms with Gasteiger partial charge in [0.1, 0.15) is 0 Å². The van der Waals surface area contributed by atoms with E-state index in [2.05, 4.69) is 15.0 Å². The van der Waals surface area contributed by atoms with E-state index in [1.807, 2.05) is 38.3 Å². The van der Waals surface area contributed by atoms with Crippen LogP contribution in [-0.4, -0.2) is 25.9 Å². The number of thiazole rings is 1. The van der Waals surface area contributed by atoms with Gasteiger partial charge in [-0.15, -0.1) is 22.7 Å². The molecule has 2 heterocycles. The summed E-state index contributed by atoms with van der Waals surface area (Å²) in [4.78, 5) is 19.0. The molecule has 0 saturated carbocycles. The molecular weight excluding hydrogens is 414 g/mol. The van der Waals surface area contributed by atoms with Crippen molar-refractivity contribution in [1.82, 2.24) is 9.71 Å². The Morgan fingerprint density at radius 3 is 2.57 bits per heavy atom. The van der Waals surface area contributed by atoms with Crippen LogP contribution in [0.4, 0.5) is 5.13 Å². The first kappa shape index (κ1) is 20.7. The fraction of sp³-hybridized carbons (Fsp3) is 0.263. The highest BCUT2D eigenvalue weighted by molar-refractivity contribution is 7.89. The number of hydrogen-bond donors (Lipinski definition) is 2. The third-order valence-corrected chi connectivity index (χ3v) is 7.42. The third-order valence-electron chi connectivity index (χ3n) is 4.18. The lowest BCUT2D eigenvalue weighted by Gasteiger charge is -2.08. The smallest absolute Gasteiger partial charge is 0.240 e. The maximum atomic E-state index is 12.3. The van der Waals surface area contributed by atoms with E-state index in [4.69, 9.17) is 0 Å². The van der Waals surface area contributed by atoms with Gasteiger partial charge in [-0.3, -0.25) is 4.79 Å². The molecule has 6 nitrogen and oxygen atoms in total. The lowest BCUT2D eigenvalue weighted by Crippen LogP contribution is -2.28. The molecule has 9 heteroatoms. The Bertz CT molecular complexity index is 1100. The van der Waals surface area contributed by atoms with Crippen molar-refractivity contribution in [3.05, 3.63) is 51.7 Å². The van der Waals surface area contributed by atoms with E-state index >= 15 is 0 Å². The molecule has 1 aromatic carbocycles. The van der Waals surface area contributed by atoms with E-state index in [-0.39, 0.29) is 23.8 Å². The van der Waals surface area contributed by atoms with Gasteiger partial charge in [-0.25, -0.2) is 18.1 Å². The van der Waals surface area contributed by atoms with E-state index in [1.54, 1.807) is 29.5 Å². The number of nitrogens with one attached hydrogen (secondary N) is 2. The predicted molar refractivity (Wildman–Crippen MR) is 115 cm³/mol. The summed E-state index contributed by atoms with van der Waals surface area (Å²) in [6, 6.07) is 8.99. The molecule has 1 amide bonds. The van der Waals surface area contributed by atoms with Gasteiger partial charge in [0.25, 0.3) is 0 Å². The van der Waals surface area contributed by atoms with Gasteiger partial charge in [-0.2, -0.15) is 0 Å². The van der Waals surface area contributed by atoms with E-state index in [9.17, 15) is 13.2 Å². The van der Waals surface area contributed by atoms with Gasteiger partial charge in [0.05, 0.1) is 15.5 Å². The number of nitrogens with zero attached hydrogens (tertiary/aromatic N) is 1. The van der Waals surface area contributed by atoms with Crippen molar-refractivity contribution in [2.45, 2.75) is 32.1 Å². The van der Waals surface area contributed by atoms with Crippen molar-refractivity contribution in [1.29, 1.82) is 0 Å². The molecule has 0 unspecified atom stereocenters. The van der Waals surface area contributed by atoms with E-state index in [1.165, 1.54) is 16.2 Å². The Balaban J connectivity index is 1.53. The zero-order chi connectivity index (χ0) is 20.3. The zero-order valence-electron chi connectivity index (χ0n) is 15.8. The quantitative estimate of drug-likeness (QED) is 0.585. The number of anilines is 1. The number of thiophene rings is 1. The molecule has 2 aromatic heterocycles. The topological polar surface area (TPSA) is 88.2 Å². The maximum Gasteiger partial charge on any atom is 0.240 e. The monoisotopic (exact) mass is 435 g/mol. The number of sulfonamides is 1. The first-order chi connectivity index (χ1) is 13.2. The van der Waals surface area contributed by atoms with Gasteiger partial charge in [0, 0.05) is 23.2 Å². The van der Waals surface area contributed by atoms with Gasteiger partial charge < -0.3 is 5.32 Å². The normalized spacial score (nSPS) is 11.5. The number of amides is 1. The van der Waals surface area contributed by atoms with Gasteiger partial charge in [0.15, 0.2) is 5.13 Å². The van der Waals surface area contributed by atoms with Crippen molar-refractivity contribution in [2.24, 2.45) is 0 Å². The van der Waals surface area contributed by atoms with Crippen LogP contribution < -0.4 is 10.0 Å². The van der Waals surface area contributed by atoms with Gasteiger partial charge in [0.2, 0.25) is 15.9 Å². The lowest BCUT2D eigenvalue weighted by atomic mass is 10.1. The highest BCUT2D eigenvalue weighted by Crippen LogP contribution is 2.30. The highest BCUT2D eigenvalue weighted by atomic mass is 32.2. The molecule has 0 fully saturated rings. The summed E-state index contributed by atoms with van der Waals surface area (Å²) < 4.78 is 27.2. The Morgan fingerprint density at radius 2 is 1.89 bits per heavy atom. The van der Waals surface area contributed by atoms with Gasteiger partial charge >= 0.3 is 0 Å². The van der Waals surface area contributed by atoms with Gasteiger partial charge in [-0.1, -0.05) is 6.07 Å². The van der Waals surface area contributed by atoms with Crippen molar-refractivity contribution < 1.29 is 13.2 Å². The molecule has 0 aliphatic heterocycles. The van der Waals surface area contributed by atoms with E-state index in [0.717, 1.165) is 21.7 Å². The number of carbonyl (C=O) groups excluding carboxylic acids is 1. The molecule has 3 rings (SSSR count). The second-order valence-electron chi connectivity index (χ2n) is 6.39. The fourth-order valence-electron chi connectivity index (χ4n) is 2.46. The Kier molecular flexibility index (Phi) is 6.29. The molecule has 0 aliphatic rings. The molecule has 0 saturated heterocycles. The Hall–Kier alpha value is -2.07. The first-order valence-corrected chi connectivity index (χ1v) is 11.8. The minimum absolute atomic E-state index is 0.0173. The maximum absolute atomic E-state index is 12.3. The zero-order valence-corrected chi connectivity index (χ0v) is 18.2. The molecule has 2 N–H and O–H groups in total. The molecule has 0 bridgehead atoms. The summed E-state index contributed by atoms with van der Waals surface area (Å²) in [5.74, 6) is -0.286. The fourth-order valence-corrected chi connectivity index (χ4v) is 5.21. The van der Waals surface area contributed by atoms with Crippen LogP contribution in [0.3, 0.4) is 0 Å². The molecule has 0 spiro atoms. The van der Waals surface area contributed by atoms with E-state index < -0.39 is 10.0 Å². The molecule has 0 aliphatic carbocycles. The summed E-state index contributed by atoms with van der Waals surface area (Å²) in [6.07, 6.45) is 0.0249. The third kappa shape index (κ3) is 5.05. The number of aromatic nitrogens is 1. The van der Waals surface area contributed by atoms with Crippen LogP contribution in [0.15, 0.2) is 40.6 Å². The highest BCUT2D eigenvalue weighted by Gasteiger charge is 2.15. The van der Waals surface area contributed by atoms with Crippen LogP contribution in [0.1, 0.15) is 22.4 Å². The Morgan fingerprint density at radius 1 is 1.11 bits per heavy atom. The van der Waals surface area contributed by atoms with Crippen molar-refractivity contribution in [3.63, 3.8) is 0 Å². The summed E-state index contributed by atoms with van der Waals surface area (Å²) in [5.41, 5.74) is 2.76. The summed E-state index contributed by atoms with van der Waals surface area (Å²) in [7, 11) is -3.64.